The molecule has 2 aromatic rings. The number of hydrogen-bond donors (Lipinski definition) is 1. The van der Waals surface area contributed by atoms with Crippen LogP contribution in [0, 0.1) is 12.7 Å². The van der Waals surface area contributed by atoms with Gasteiger partial charge in [0.25, 0.3) is 0 Å². The fourth-order valence-electron chi connectivity index (χ4n) is 3.21. The summed E-state index contributed by atoms with van der Waals surface area (Å²) >= 11 is 0. The van der Waals surface area contributed by atoms with Crippen LogP contribution in [0.2, 0.25) is 0 Å². The lowest BCUT2D eigenvalue weighted by Gasteiger charge is -2.14. The molecule has 0 amide bonds. The number of nitrogens with zero attached hydrogens (tertiary/aromatic N) is 1. The fraction of sp³-hybridized carbons (Fsp3) is 0.208. The average Bonchev–Trinajstić information content (AvgIpc) is 3.03. The molecule has 1 heterocycles. The zero-order chi connectivity index (χ0) is 20.1. The van der Waals surface area contributed by atoms with E-state index in [0.29, 0.717) is 12.4 Å². The minimum absolute atomic E-state index is 0.140. The highest BCUT2D eigenvalue weighted by Gasteiger charge is 2.14. The molecule has 0 saturated heterocycles. The third kappa shape index (κ3) is 4.77. The molecule has 2 aromatic carbocycles. The lowest BCUT2D eigenvalue weighted by atomic mass is 9.92. The Morgan fingerprint density at radius 1 is 1.21 bits per heavy atom. The highest BCUT2D eigenvalue weighted by atomic mass is 19.1. The van der Waals surface area contributed by atoms with Crippen LogP contribution < -0.4 is 10.5 Å². The molecule has 1 aliphatic heterocycles. The van der Waals surface area contributed by atoms with E-state index in [2.05, 4.69) is 30.6 Å². The summed E-state index contributed by atoms with van der Waals surface area (Å²) in [4.78, 5) is 4.56. The van der Waals surface area contributed by atoms with Crippen LogP contribution in [0.25, 0.3) is 0 Å². The molecule has 0 saturated carbocycles. The summed E-state index contributed by atoms with van der Waals surface area (Å²) in [6.45, 7) is 8.31. The second-order valence-electron chi connectivity index (χ2n) is 6.95. The molecule has 1 unspecified atom stereocenters. The number of nitrogens with two attached hydrogens (primary N) is 1. The van der Waals surface area contributed by atoms with Gasteiger partial charge < -0.3 is 10.5 Å². The number of nitrogen functional groups attached to an aromatic ring is 1. The van der Waals surface area contributed by atoms with Crippen LogP contribution in [0.3, 0.4) is 0 Å². The molecule has 3 rings (SSSR count). The van der Waals surface area contributed by atoms with Crippen molar-refractivity contribution < 1.29 is 9.13 Å². The Morgan fingerprint density at radius 3 is 2.79 bits per heavy atom. The molecule has 0 aliphatic carbocycles. The normalized spacial score (nSPS) is 15.9. The summed E-state index contributed by atoms with van der Waals surface area (Å²) in [7, 11) is 0. The van der Waals surface area contributed by atoms with E-state index in [1.165, 1.54) is 17.7 Å². The second-order valence-corrected chi connectivity index (χ2v) is 6.95. The quantitative estimate of drug-likeness (QED) is 0.495. The van der Waals surface area contributed by atoms with Crippen molar-refractivity contribution in [1.82, 2.24) is 0 Å². The largest absolute Gasteiger partial charge is 0.487 e. The van der Waals surface area contributed by atoms with Gasteiger partial charge >= 0.3 is 0 Å². The van der Waals surface area contributed by atoms with Gasteiger partial charge in [-0.2, -0.15) is 0 Å². The average molecular weight is 376 g/mol. The van der Waals surface area contributed by atoms with Gasteiger partial charge in [0.15, 0.2) is 0 Å². The zero-order valence-corrected chi connectivity index (χ0v) is 16.3. The predicted octanol–water partition coefficient (Wildman–Crippen LogP) is 5.74. The molecular weight excluding hydrogens is 351 g/mol. The summed E-state index contributed by atoms with van der Waals surface area (Å²) in [5.41, 5.74) is 12.0. The topological polar surface area (TPSA) is 47.6 Å². The van der Waals surface area contributed by atoms with Gasteiger partial charge in [-0.05, 0) is 55.7 Å². The van der Waals surface area contributed by atoms with Crippen molar-refractivity contribution in [2.75, 3.05) is 12.3 Å². The van der Waals surface area contributed by atoms with E-state index in [4.69, 9.17) is 10.5 Å². The van der Waals surface area contributed by atoms with Crippen LogP contribution in [0.15, 0.2) is 83.5 Å². The monoisotopic (exact) mass is 376 g/mol. The minimum atomic E-state index is -0.316. The van der Waals surface area contributed by atoms with Crippen molar-refractivity contribution in [2.24, 2.45) is 4.99 Å². The van der Waals surface area contributed by atoms with E-state index < -0.39 is 0 Å². The molecule has 4 heteroatoms. The van der Waals surface area contributed by atoms with Gasteiger partial charge in [0, 0.05) is 23.4 Å². The Labute approximate surface area is 165 Å². The van der Waals surface area contributed by atoms with Crippen LogP contribution in [-0.2, 0) is 0 Å². The number of aliphatic imine (C=N–C) groups is 1. The first kappa shape index (κ1) is 19.6. The summed E-state index contributed by atoms with van der Waals surface area (Å²) in [6.07, 6.45) is 6.88. The van der Waals surface area contributed by atoms with Gasteiger partial charge in [-0.25, -0.2) is 4.39 Å². The van der Waals surface area contributed by atoms with Gasteiger partial charge in [-0.3, -0.25) is 4.99 Å². The van der Waals surface area contributed by atoms with Crippen molar-refractivity contribution in [3.8, 4) is 5.75 Å². The van der Waals surface area contributed by atoms with Gasteiger partial charge in [0.1, 0.15) is 18.2 Å². The third-order valence-corrected chi connectivity index (χ3v) is 4.75. The summed E-state index contributed by atoms with van der Waals surface area (Å²) in [5.74, 6) is 0.318. The molecule has 28 heavy (non-hydrogen) atoms. The predicted molar refractivity (Wildman–Crippen MR) is 114 cm³/mol. The number of aryl methyl sites for hydroxylation is 1. The summed E-state index contributed by atoms with van der Waals surface area (Å²) in [5, 5.41) is 0. The molecule has 1 aliphatic rings. The molecule has 2 N–H and O–H groups in total. The Balaban J connectivity index is 1.69. The van der Waals surface area contributed by atoms with Crippen molar-refractivity contribution >= 4 is 11.4 Å². The van der Waals surface area contributed by atoms with Crippen molar-refractivity contribution in [1.29, 1.82) is 0 Å². The molecule has 0 fully saturated rings. The number of halogens is 1. The molecule has 144 valence electrons. The van der Waals surface area contributed by atoms with Gasteiger partial charge in [-0.15, -0.1) is 6.58 Å². The molecule has 0 radical (unpaired) electrons. The number of anilines is 1. The van der Waals surface area contributed by atoms with E-state index in [9.17, 15) is 4.39 Å². The molecule has 0 bridgehead atoms. The maximum Gasteiger partial charge on any atom is 0.130 e. The van der Waals surface area contributed by atoms with E-state index in [1.54, 1.807) is 12.1 Å². The standard InChI is InChI=1S/C24H25FN2O/c1-4-18(23-12-16(2)8-11-24(23)26)9-10-19-13-21(27-17(19)3)15-28-22-7-5-6-20(25)14-22/h4-8,10-14,18H,1,9,15,26H2,2-3H3/b19-10-. The fourth-order valence-corrected chi connectivity index (χ4v) is 3.21. The first-order valence-electron chi connectivity index (χ1n) is 9.29. The molecule has 0 aromatic heterocycles. The first-order chi connectivity index (χ1) is 13.5. The maximum absolute atomic E-state index is 13.2. The van der Waals surface area contributed by atoms with E-state index >= 15 is 0 Å². The first-order valence-corrected chi connectivity index (χ1v) is 9.29. The number of benzene rings is 2. The Kier molecular flexibility index (Phi) is 6.09. The smallest absolute Gasteiger partial charge is 0.130 e. The SMILES string of the molecule is C=CC(C/C=C1/C=C(COc2cccc(F)c2)N=C1C)c1cc(C)ccc1N. The Hall–Kier alpha value is -3.14. The van der Waals surface area contributed by atoms with Crippen LogP contribution >= 0.6 is 0 Å². The van der Waals surface area contributed by atoms with E-state index in [1.807, 2.05) is 31.2 Å². The van der Waals surface area contributed by atoms with E-state index in [0.717, 1.165) is 34.7 Å². The molecule has 1 atom stereocenters. The lowest BCUT2D eigenvalue weighted by molar-refractivity contribution is 0.349. The molecule has 0 spiro atoms. The number of hydrogen-bond acceptors (Lipinski definition) is 3. The Bertz CT molecular complexity index is 972. The molecule has 3 nitrogen and oxygen atoms in total. The minimum Gasteiger partial charge on any atom is -0.487 e. The van der Waals surface area contributed by atoms with Crippen LogP contribution in [0.4, 0.5) is 10.1 Å². The summed E-state index contributed by atoms with van der Waals surface area (Å²) in [6, 6.07) is 12.2. The number of ether oxygens (including phenoxy) is 1. The maximum atomic E-state index is 13.2. The van der Waals surface area contributed by atoms with E-state index in [-0.39, 0.29) is 11.7 Å². The van der Waals surface area contributed by atoms with Gasteiger partial charge in [0.05, 0.1) is 5.70 Å². The molecular formula is C24H25FN2O. The van der Waals surface area contributed by atoms with Crippen LogP contribution in [-0.4, -0.2) is 12.3 Å². The van der Waals surface area contributed by atoms with Crippen molar-refractivity contribution in [2.45, 2.75) is 26.2 Å². The second kappa shape index (κ2) is 8.70. The lowest BCUT2D eigenvalue weighted by Crippen LogP contribution is -2.01. The zero-order valence-electron chi connectivity index (χ0n) is 16.3. The number of allylic oxidation sites excluding steroid dienone is 4. The highest BCUT2D eigenvalue weighted by Crippen LogP contribution is 2.29. The van der Waals surface area contributed by atoms with Crippen molar-refractivity contribution in [3.05, 3.63) is 95.5 Å². The highest BCUT2D eigenvalue weighted by molar-refractivity contribution is 6.03. The Morgan fingerprint density at radius 2 is 2.04 bits per heavy atom. The number of rotatable bonds is 7. The van der Waals surface area contributed by atoms with Crippen molar-refractivity contribution in [3.63, 3.8) is 0 Å². The third-order valence-electron chi connectivity index (χ3n) is 4.75. The van der Waals surface area contributed by atoms with Gasteiger partial charge in [-0.1, -0.05) is 35.9 Å². The van der Waals surface area contributed by atoms with Crippen LogP contribution in [0.5, 0.6) is 5.75 Å². The van der Waals surface area contributed by atoms with Crippen LogP contribution in [0.1, 0.15) is 30.4 Å². The van der Waals surface area contributed by atoms with Gasteiger partial charge in [0.2, 0.25) is 0 Å². The summed E-state index contributed by atoms with van der Waals surface area (Å²) < 4.78 is 18.9.